The third kappa shape index (κ3) is 4.69. The van der Waals surface area contributed by atoms with Crippen molar-refractivity contribution in [2.24, 2.45) is 5.73 Å². The molecule has 0 saturated carbocycles. The van der Waals surface area contributed by atoms with Crippen LogP contribution in [0.25, 0.3) is 0 Å². The van der Waals surface area contributed by atoms with Crippen LogP contribution in [-0.4, -0.2) is 22.5 Å². The van der Waals surface area contributed by atoms with Gasteiger partial charge in [0.2, 0.25) is 0 Å². The summed E-state index contributed by atoms with van der Waals surface area (Å²) in [6.07, 6.45) is 0.568. The smallest absolute Gasteiger partial charge is 0.260 e. The van der Waals surface area contributed by atoms with Crippen LogP contribution in [-0.2, 0) is 5.41 Å². The van der Waals surface area contributed by atoms with Crippen LogP contribution in [0.4, 0.5) is 4.39 Å². The highest BCUT2D eigenvalue weighted by atomic mass is 32.1. The van der Waals surface area contributed by atoms with E-state index in [0.717, 1.165) is 11.1 Å². The van der Waals surface area contributed by atoms with Gasteiger partial charge in [-0.2, -0.15) is 0 Å². The van der Waals surface area contributed by atoms with Gasteiger partial charge in [0.15, 0.2) is 5.11 Å². The second kappa shape index (κ2) is 8.97. The lowest BCUT2D eigenvalue weighted by atomic mass is 9.73. The van der Waals surface area contributed by atoms with Crippen molar-refractivity contribution < 1.29 is 9.18 Å². The lowest BCUT2D eigenvalue weighted by Crippen LogP contribution is -2.43. The van der Waals surface area contributed by atoms with Gasteiger partial charge in [0.1, 0.15) is 5.82 Å². The predicted octanol–water partition coefficient (Wildman–Crippen LogP) is 4.91. The Labute approximate surface area is 176 Å². The van der Waals surface area contributed by atoms with Crippen molar-refractivity contribution in [3.8, 4) is 0 Å². The summed E-state index contributed by atoms with van der Waals surface area (Å²) in [5.74, 6) is -0.513. The largest absolute Gasteiger partial charge is 0.376 e. The molecule has 3 nitrogen and oxygen atoms in total. The van der Waals surface area contributed by atoms with Crippen LogP contribution in [0, 0.1) is 5.82 Å². The highest BCUT2D eigenvalue weighted by Gasteiger charge is 2.31. The van der Waals surface area contributed by atoms with Gasteiger partial charge in [-0.05, 0) is 54.0 Å². The quantitative estimate of drug-likeness (QED) is 0.592. The van der Waals surface area contributed by atoms with Crippen LogP contribution < -0.4 is 5.73 Å². The van der Waals surface area contributed by atoms with Crippen molar-refractivity contribution in [3.63, 3.8) is 0 Å². The van der Waals surface area contributed by atoms with E-state index in [9.17, 15) is 9.18 Å². The number of thiocarbonyl (C=S) groups is 1. The summed E-state index contributed by atoms with van der Waals surface area (Å²) in [6, 6.07) is 25.4. The SMILES string of the molecule is CC(CCN(C(=O)c1ccccc1)C(N)=S)(c1ccccc1)c1ccc(F)cc1. The Morgan fingerprint density at radius 1 is 0.931 bits per heavy atom. The molecule has 1 atom stereocenters. The summed E-state index contributed by atoms with van der Waals surface area (Å²) in [6.45, 7) is 2.42. The molecule has 0 aliphatic carbocycles. The second-order valence-corrected chi connectivity index (χ2v) is 7.53. The summed E-state index contributed by atoms with van der Waals surface area (Å²) in [7, 11) is 0. The Morgan fingerprint density at radius 3 is 2.00 bits per heavy atom. The molecular weight excluding hydrogens is 383 g/mol. The monoisotopic (exact) mass is 406 g/mol. The van der Waals surface area contributed by atoms with Gasteiger partial charge in [0, 0.05) is 17.5 Å². The molecule has 0 heterocycles. The van der Waals surface area contributed by atoms with Crippen molar-refractivity contribution in [2.45, 2.75) is 18.8 Å². The maximum absolute atomic E-state index is 13.5. The molecule has 0 saturated heterocycles. The molecule has 3 rings (SSSR count). The molecule has 0 aliphatic rings. The first-order chi connectivity index (χ1) is 13.9. The lowest BCUT2D eigenvalue weighted by molar-refractivity contribution is 0.0843. The van der Waals surface area contributed by atoms with Crippen molar-refractivity contribution in [3.05, 3.63) is 107 Å². The Bertz CT molecular complexity index is 977. The van der Waals surface area contributed by atoms with E-state index in [1.165, 1.54) is 17.0 Å². The van der Waals surface area contributed by atoms with E-state index in [1.807, 2.05) is 36.4 Å². The number of rotatable bonds is 6. The maximum Gasteiger partial charge on any atom is 0.260 e. The Hall–Kier alpha value is -3.05. The normalized spacial score (nSPS) is 12.8. The summed E-state index contributed by atoms with van der Waals surface area (Å²) in [5.41, 5.74) is 8.00. The molecule has 1 unspecified atom stereocenters. The van der Waals surface area contributed by atoms with Gasteiger partial charge in [0.05, 0.1) is 0 Å². The standard InChI is InChI=1S/C24H23FN2OS/c1-24(19-10-6-3-7-11-19,20-12-14-21(25)15-13-20)16-17-27(23(26)29)22(28)18-8-4-2-5-9-18/h2-15H,16-17H2,1H3,(H2,26,29). The minimum Gasteiger partial charge on any atom is -0.376 e. The number of carbonyl (C=O) groups excluding carboxylic acids is 1. The Morgan fingerprint density at radius 2 is 1.45 bits per heavy atom. The molecule has 148 valence electrons. The molecule has 0 bridgehead atoms. The van der Waals surface area contributed by atoms with Gasteiger partial charge in [-0.25, -0.2) is 4.39 Å². The highest BCUT2D eigenvalue weighted by Crippen LogP contribution is 2.35. The first kappa shape index (κ1) is 20.7. The summed E-state index contributed by atoms with van der Waals surface area (Å²) < 4.78 is 13.5. The Balaban J connectivity index is 1.92. The van der Waals surface area contributed by atoms with E-state index >= 15 is 0 Å². The maximum atomic E-state index is 13.5. The minimum atomic E-state index is -0.449. The molecule has 0 fully saturated rings. The third-order valence-electron chi connectivity index (χ3n) is 5.26. The number of amides is 1. The van der Waals surface area contributed by atoms with Gasteiger partial charge >= 0.3 is 0 Å². The molecule has 29 heavy (non-hydrogen) atoms. The molecule has 0 aromatic heterocycles. The average Bonchev–Trinajstić information content (AvgIpc) is 2.75. The van der Waals surface area contributed by atoms with Crippen molar-refractivity contribution in [2.75, 3.05) is 6.54 Å². The van der Waals surface area contributed by atoms with Crippen molar-refractivity contribution in [1.82, 2.24) is 4.90 Å². The van der Waals surface area contributed by atoms with Crippen LogP contribution in [0.15, 0.2) is 84.9 Å². The first-order valence-corrected chi connectivity index (χ1v) is 9.80. The molecule has 0 spiro atoms. The van der Waals surface area contributed by atoms with Crippen molar-refractivity contribution in [1.29, 1.82) is 0 Å². The molecule has 1 amide bonds. The van der Waals surface area contributed by atoms with Crippen LogP contribution in [0.2, 0.25) is 0 Å². The van der Waals surface area contributed by atoms with Gasteiger partial charge in [0.25, 0.3) is 5.91 Å². The fourth-order valence-corrected chi connectivity index (χ4v) is 3.64. The van der Waals surface area contributed by atoms with Crippen LogP contribution in [0.1, 0.15) is 34.8 Å². The summed E-state index contributed by atoms with van der Waals surface area (Å²) in [4.78, 5) is 14.4. The zero-order chi connectivity index (χ0) is 20.9. The molecule has 3 aromatic carbocycles. The molecular formula is C24H23FN2OS. The van der Waals surface area contributed by atoms with Crippen LogP contribution in [0.3, 0.4) is 0 Å². The van der Waals surface area contributed by atoms with Crippen molar-refractivity contribution >= 4 is 23.2 Å². The van der Waals surface area contributed by atoms with Gasteiger partial charge in [-0.1, -0.05) is 67.6 Å². The second-order valence-electron chi connectivity index (χ2n) is 7.12. The summed E-state index contributed by atoms with van der Waals surface area (Å²) in [5, 5.41) is 0.0355. The average molecular weight is 407 g/mol. The summed E-state index contributed by atoms with van der Waals surface area (Å²) >= 11 is 5.17. The van der Waals surface area contributed by atoms with E-state index < -0.39 is 5.41 Å². The molecule has 3 aromatic rings. The zero-order valence-electron chi connectivity index (χ0n) is 16.2. The lowest BCUT2D eigenvalue weighted by Gasteiger charge is -2.33. The number of carbonyl (C=O) groups is 1. The van der Waals surface area contributed by atoms with Crippen LogP contribution >= 0.6 is 12.2 Å². The van der Waals surface area contributed by atoms with E-state index in [0.29, 0.717) is 18.5 Å². The molecule has 2 N–H and O–H groups in total. The van der Waals surface area contributed by atoms with E-state index in [1.54, 1.807) is 36.4 Å². The molecule has 5 heteroatoms. The van der Waals surface area contributed by atoms with E-state index in [4.69, 9.17) is 18.0 Å². The third-order valence-corrected chi connectivity index (χ3v) is 5.48. The van der Waals surface area contributed by atoms with Crippen LogP contribution in [0.5, 0.6) is 0 Å². The Kier molecular flexibility index (Phi) is 6.39. The van der Waals surface area contributed by atoms with Gasteiger partial charge in [-0.15, -0.1) is 0 Å². The number of nitrogens with zero attached hydrogens (tertiary/aromatic N) is 1. The highest BCUT2D eigenvalue weighted by molar-refractivity contribution is 7.80. The number of halogens is 1. The fourth-order valence-electron chi connectivity index (χ4n) is 3.46. The predicted molar refractivity (Wildman–Crippen MR) is 118 cm³/mol. The van der Waals surface area contributed by atoms with Gasteiger partial charge < -0.3 is 5.73 Å². The zero-order valence-corrected chi connectivity index (χ0v) is 17.0. The van der Waals surface area contributed by atoms with Gasteiger partial charge in [-0.3, -0.25) is 9.69 Å². The molecule has 0 aliphatic heterocycles. The topological polar surface area (TPSA) is 46.3 Å². The first-order valence-electron chi connectivity index (χ1n) is 9.40. The van der Waals surface area contributed by atoms with E-state index in [2.05, 4.69) is 6.92 Å². The number of hydrogen-bond donors (Lipinski definition) is 1. The molecule has 0 radical (unpaired) electrons. The fraction of sp³-hybridized carbons (Fsp3) is 0.167. The minimum absolute atomic E-state index is 0.0355. The number of benzene rings is 3. The number of nitrogens with two attached hydrogens (primary N) is 1. The van der Waals surface area contributed by atoms with E-state index in [-0.39, 0.29) is 16.8 Å². The number of hydrogen-bond acceptors (Lipinski definition) is 2.